The van der Waals surface area contributed by atoms with Gasteiger partial charge in [0.05, 0.1) is 11.9 Å². The van der Waals surface area contributed by atoms with E-state index in [1.54, 1.807) is 11.2 Å². The number of hydrazine groups is 2. The van der Waals surface area contributed by atoms with E-state index < -0.39 is 0 Å². The standard InChI is InChI=1S/C10H12N4OS/c1-8(15)11-10-7-13(16)12-14(10)9-5-3-2-4-6-9/h2-7,12,16H,1H3,(H,11,15). The van der Waals surface area contributed by atoms with E-state index in [1.165, 1.54) is 11.3 Å². The van der Waals surface area contributed by atoms with Gasteiger partial charge in [-0.05, 0) is 24.9 Å². The van der Waals surface area contributed by atoms with E-state index in [2.05, 4.69) is 23.7 Å². The maximum absolute atomic E-state index is 11.0. The first-order valence-corrected chi connectivity index (χ1v) is 5.16. The Bertz CT molecular complexity index is 420. The molecule has 1 aliphatic heterocycles. The number of benzene rings is 1. The van der Waals surface area contributed by atoms with Crippen LogP contribution in [0.1, 0.15) is 6.92 Å². The minimum Gasteiger partial charge on any atom is -0.310 e. The topological polar surface area (TPSA) is 47.6 Å². The molecule has 0 saturated heterocycles. The molecular weight excluding hydrogens is 224 g/mol. The van der Waals surface area contributed by atoms with Gasteiger partial charge in [-0.1, -0.05) is 18.2 Å². The molecule has 0 fully saturated rings. The first-order valence-electron chi connectivity index (χ1n) is 4.76. The van der Waals surface area contributed by atoms with Crippen molar-refractivity contribution in [2.75, 3.05) is 5.01 Å². The first kappa shape index (κ1) is 10.8. The Balaban J connectivity index is 2.22. The van der Waals surface area contributed by atoms with E-state index in [9.17, 15) is 4.79 Å². The second-order valence-electron chi connectivity index (χ2n) is 3.31. The van der Waals surface area contributed by atoms with Crippen LogP contribution in [0.25, 0.3) is 0 Å². The molecule has 2 N–H and O–H groups in total. The van der Waals surface area contributed by atoms with E-state index in [-0.39, 0.29) is 5.91 Å². The summed E-state index contributed by atoms with van der Waals surface area (Å²) in [5.74, 6) is 0.506. The molecule has 6 heteroatoms. The molecule has 1 aromatic rings. The van der Waals surface area contributed by atoms with Crippen LogP contribution in [0.2, 0.25) is 0 Å². The summed E-state index contributed by atoms with van der Waals surface area (Å²) in [6, 6.07) is 9.62. The molecule has 1 amide bonds. The summed E-state index contributed by atoms with van der Waals surface area (Å²) in [7, 11) is 0. The summed E-state index contributed by atoms with van der Waals surface area (Å²) >= 11 is 4.14. The maximum atomic E-state index is 11.0. The third-order valence-corrected chi connectivity index (χ3v) is 2.21. The fourth-order valence-corrected chi connectivity index (χ4v) is 1.60. The molecule has 1 aromatic carbocycles. The van der Waals surface area contributed by atoms with Crippen LogP contribution in [0, 0.1) is 0 Å². The number of nitrogens with zero attached hydrogens (tertiary/aromatic N) is 2. The fraction of sp³-hybridized carbons (Fsp3) is 0.100. The Morgan fingerprint density at radius 1 is 1.38 bits per heavy atom. The van der Waals surface area contributed by atoms with E-state index in [0.717, 1.165) is 5.69 Å². The zero-order valence-electron chi connectivity index (χ0n) is 8.71. The molecule has 0 aliphatic carbocycles. The van der Waals surface area contributed by atoms with Gasteiger partial charge in [-0.2, -0.15) is 0 Å². The second-order valence-corrected chi connectivity index (χ2v) is 3.74. The van der Waals surface area contributed by atoms with Crippen molar-refractivity contribution >= 4 is 24.4 Å². The molecule has 1 aliphatic rings. The van der Waals surface area contributed by atoms with Crippen LogP contribution in [-0.2, 0) is 4.79 Å². The van der Waals surface area contributed by atoms with Crippen molar-refractivity contribution < 1.29 is 4.79 Å². The van der Waals surface area contributed by atoms with Crippen molar-refractivity contribution in [1.29, 1.82) is 0 Å². The number of para-hydroxylation sites is 1. The zero-order chi connectivity index (χ0) is 11.5. The minimum absolute atomic E-state index is 0.127. The van der Waals surface area contributed by atoms with Gasteiger partial charge >= 0.3 is 0 Å². The predicted octanol–water partition coefficient (Wildman–Crippen LogP) is 1.01. The van der Waals surface area contributed by atoms with E-state index in [0.29, 0.717) is 5.82 Å². The van der Waals surface area contributed by atoms with Crippen LogP contribution in [0.4, 0.5) is 5.69 Å². The van der Waals surface area contributed by atoms with Crippen LogP contribution < -0.4 is 15.9 Å². The molecule has 84 valence electrons. The number of rotatable bonds is 2. The lowest BCUT2D eigenvalue weighted by Crippen LogP contribution is -2.40. The molecule has 16 heavy (non-hydrogen) atoms. The lowest BCUT2D eigenvalue weighted by atomic mass is 10.3. The highest BCUT2D eigenvalue weighted by Crippen LogP contribution is 2.20. The van der Waals surface area contributed by atoms with Crippen LogP contribution >= 0.6 is 12.8 Å². The van der Waals surface area contributed by atoms with Crippen LogP contribution in [0.15, 0.2) is 42.4 Å². The summed E-state index contributed by atoms with van der Waals surface area (Å²) < 4.78 is 1.47. The number of thiol groups is 1. The molecule has 0 aromatic heterocycles. The molecule has 1 heterocycles. The summed E-state index contributed by atoms with van der Waals surface area (Å²) in [4.78, 5) is 11.0. The van der Waals surface area contributed by atoms with Gasteiger partial charge in [0.2, 0.25) is 5.91 Å². The SMILES string of the molecule is CC(=O)NC1=CN(S)NN1c1ccccc1. The maximum Gasteiger partial charge on any atom is 0.222 e. The number of carbonyl (C=O) groups is 1. The number of amides is 1. The summed E-state index contributed by atoms with van der Waals surface area (Å²) in [5.41, 5.74) is 3.86. The van der Waals surface area contributed by atoms with Crippen molar-refractivity contribution in [3.05, 3.63) is 42.4 Å². The molecule has 0 saturated carbocycles. The normalized spacial score (nSPS) is 15.0. The molecule has 0 spiro atoms. The van der Waals surface area contributed by atoms with Crippen LogP contribution in [0.3, 0.4) is 0 Å². The van der Waals surface area contributed by atoms with Crippen molar-refractivity contribution in [3.8, 4) is 0 Å². The van der Waals surface area contributed by atoms with E-state index >= 15 is 0 Å². The summed E-state index contributed by atoms with van der Waals surface area (Å²) in [6.07, 6.45) is 1.68. The average Bonchev–Trinajstić information content (AvgIpc) is 2.60. The van der Waals surface area contributed by atoms with Gasteiger partial charge in [0.1, 0.15) is 5.82 Å². The summed E-state index contributed by atoms with van der Waals surface area (Å²) in [5, 5.41) is 4.45. The smallest absolute Gasteiger partial charge is 0.222 e. The van der Waals surface area contributed by atoms with Crippen molar-refractivity contribution in [3.63, 3.8) is 0 Å². The molecule has 5 nitrogen and oxygen atoms in total. The third-order valence-electron chi connectivity index (χ3n) is 2.01. The van der Waals surface area contributed by atoms with Gasteiger partial charge < -0.3 is 5.32 Å². The second kappa shape index (κ2) is 4.46. The first-order chi connectivity index (χ1) is 7.66. The Morgan fingerprint density at radius 3 is 2.69 bits per heavy atom. The summed E-state index contributed by atoms with van der Waals surface area (Å²) in [6.45, 7) is 1.46. The predicted molar refractivity (Wildman–Crippen MR) is 64.8 cm³/mol. The minimum atomic E-state index is -0.127. The quantitative estimate of drug-likeness (QED) is 0.671. The van der Waals surface area contributed by atoms with Gasteiger partial charge in [0.15, 0.2) is 0 Å². The van der Waals surface area contributed by atoms with Crippen molar-refractivity contribution in [2.24, 2.45) is 0 Å². The Hall–Kier alpha value is -1.66. The van der Waals surface area contributed by atoms with Crippen LogP contribution in [0.5, 0.6) is 0 Å². The largest absolute Gasteiger partial charge is 0.310 e. The van der Waals surface area contributed by atoms with Crippen LogP contribution in [-0.4, -0.2) is 10.3 Å². The highest BCUT2D eigenvalue weighted by molar-refractivity contribution is 7.77. The van der Waals surface area contributed by atoms with E-state index in [1.807, 2.05) is 30.3 Å². The number of nitrogens with one attached hydrogen (secondary N) is 2. The Morgan fingerprint density at radius 2 is 2.06 bits per heavy atom. The molecule has 2 rings (SSSR count). The fourth-order valence-electron chi connectivity index (χ4n) is 1.40. The van der Waals surface area contributed by atoms with Crippen molar-refractivity contribution in [2.45, 2.75) is 6.92 Å². The lowest BCUT2D eigenvalue weighted by Gasteiger charge is -2.22. The number of anilines is 1. The zero-order valence-corrected chi connectivity index (χ0v) is 9.61. The van der Waals surface area contributed by atoms with Gasteiger partial charge in [0.25, 0.3) is 0 Å². The molecule has 0 atom stereocenters. The lowest BCUT2D eigenvalue weighted by molar-refractivity contribution is -0.118. The number of hydrogen-bond donors (Lipinski definition) is 3. The number of carbonyl (C=O) groups excluding carboxylic acids is 1. The monoisotopic (exact) mass is 236 g/mol. The van der Waals surface area contributed by atoms with Gasteiger partial charge in [-0.3, -0.25) is 4.79 Å². The highest BCUT2D eigenvalue weighted by atomic mass is 32.1. The average molecular weight is 236 g/mol. The molecular formula is C10H12N4OS. The van der Waals surface area contributed by atoms with Gasteiger partial charge in [0, 0.05) is 6.92 Å². The Labute approximate surface area is 99.2 Å². The highest BCUT2D eigenvalue weighted by Gasteiger charge is 2.20. The number of hydrogen-bond acceptors (Lipinski definition) is 5. The molecule has 0 radical (unpaired) electrons. The van der Waals surface area contributed by atoms with Gasteiger partial charge in [-0.25, -0.2) is 9.42 Å². The molecule has 0 unspecified atom stereocenters. The van der Waals surface area contributed by atoms with Crippen molar-refractivity contribution in [1.82, 2.24) is 15.3 Å². The third kappa shape index (κ3) is 2.29. The molecule has 0 bridgehead atoms. The Kier molecular flexibility index (Phi) is 3.02. The van der Waals surface area contributed by atoms with Gasteiger partial charge in [-0.15, -0.1) is 5.53 Å². The van der Waals surface area contributed by atoms with E-state index in [4.69, 9.17) is 0 Å².